The predicted octanol–water partition coefficient (Wildman–Crippen LogP) is 6.25. The van der Waals surface area contributed by atoms with Crippen molar-refractivity contribution in [3.63, 3.8) is 0 Å². The van der Waals surface area contributed by atoms with Gasteiger partial charge >= 0.3 is 0 Å². The standard InChI is InChI=1S/C16H34S/c1-3-16(2)14-12-10-8-6-4-5-7-9-11-13-15-17/h16-17H,3-15H2,1-2H3. The molecule has 0 nitrogen and oxygen atoms in total. The van der Waals surface area contributed by atoms with E-state index in [-0.39, 0.29) is 0 Å². The predicted molar refractivity (Wildman–Crippen MR) is 84.1 cm³/mol. The van der Waals surface area contributed by atoms with Crippen molar-refractivity contribution in [3.05, 3.63) is 0 Å². The molecule has 0 radical (unpaired) electrons. The second-order valence-electron chi connectivity index (χ2n) is 5.56. The van der Waals surface area contributed by atoms with E-state index in [4.69, 9.17) is 0 Å². The lowest BCUT2D eigenvalue weighted by Gasteiger charge is -2.07. The Morgan fingerprint density at radius 2 is 1.12 bits per heavy atom. The number of unbranched alkanes of at least 4 members (excludes halogenated alkanes) is 9. The SMILES string of the molecule is CCC(C)CCCCCCCCCCCCS. The van der Waals surface area contributed by atoms with Gasteiger partial charge in [0, 0.05) is 0 Å². The fraction of sp³-hybridized carbons (Fsp3) is 1.00. The van der Waals surface area contributed by atoms with Crippen LogP contribution in [0.2, 0.25) is 0 Å². The van der Waals surface area contributed by atoms with E-state index in [9.17, 15) is 0 Å². The molecule has 0 N–H and O–H groups in total. The highest BCUT2D eigenvalue weighted by Gasteiger charge is 1.98. The van der Waals surface area contributed by atoms with E-state index in [0.29, 0.717) is 0 Å². The molecule has 0 aliphatic heterocycles. The van der Waals surface area contributed by atoms with Crippen LogP contribution in [-0.4, -0.2) is 5.75 Å². The van der Waals surface area contributed by atoms with Crippen LogP contribution < -0.4 is 0 Å². The minimum Gasteiger partial charge on any atom is -0.179 e. The Morgan fingerprint density at radius 1 is 0.706 bits per heavy atom. The molecule has 0 aromatic carbocycles. The van der Waals surface area contributed by atoms with Gasteiger partial charge in [-0.05, 0) is 18.1 Å². The first kappa shape index (κ1) is 17.4. The smallest absolute Gasteiger partial charge is 0.00979 e. The van der Waals surface area contributed by atoms with Crippen LogP contribution in [0.15, 0.2) is 0 Å². The Labute approximate surface area is 115 Å². The molecule has 104 valence electrons. The summed E-state index contributed by atoms with van der Waals surface area (Å²) in [6, 6.07) is 0. The summed E-state index contributed by atoms with van der Waals surface area (Å²) in [6.45, 7) is 4.68. The molecule has 0 aliphatic rings. The largest absolute Gasteiger partial charge is 0.179 e. The second kappa shape index (κ2) is 14.4. The fourth-order valence-electron chi connectivity index (χ4n) is 2.22. The summed E-state index contributed by atoms with van der Waals surface area (Å²) in [7, 11) is 0. The second-order valence-corrected chi connectivity index (χ2v) is 6.01. The van der Waals surface area contributed by atoms with Crippen molar-refractivity contribution in [1.82, 2.24) is 0 Å². The van der Waals surface area contributed by atoms with E-state index >= 15 is 0 Å². The van der Waals surface area contributed by atoms with Gasteiger partial charge in [0.2, 0.25) is 0 Å². The third-order valence-electron chi connectivity index (χ3n) is 3.80. The summed E-state index contributed by atoms with van der Waals surface area (Å²) >= 11 is 4.23. The normalized spacial score (nSPS) is 12.9. The molecular formula is C16H34S. The van der Waals surface area contributed by atoms with E-state index in [1.807, 2.05) is 0 Å². The molecule has 0 rings (SSSR count). The summed E-state index contributed by atoms with van der Waals surface area (Å²) < 4.78 is 0. The average molecular weight is 259 g/mol. The highest BCUT2D eigenvalue weighted by atomic mass is 32.1. The maximum absolute atomic E-state index is 4.23. The highest BCUT2D eigenvalue weighted by Crippen LogP contribution is 2.15. The fourth-order valence-corrected chi connectivity index (χ4v) is 2.45. The lowest BCUT2D eigenvalue weighted by atomic mass is 9.99. The minimum atomic E-state index is 0.946. The van der Waals surface area contributed by atoms with Crippen molar-refractivity contribution in [2.75, 3.05) is 5.75 Å². The lowest BCUT2D eigenvalue weighted by molar-refractivity contribution is 0.469. The molecule has 0 aliphatic carbocycles. The maximum Gasteiger partial charge on any atom is -0.00979 e. The molecule has 0 saturated heterocycles. The number of thiol groups is 1. The van der Waals surface area contributed by atoms with Gasteiger partial charge in [0.15, 0.2) is 0 Å². The zero-order chi connectivity index (χ0) is 12.8. The van der Waals surface area contributed by atoms with Crippen molar-refractivity contribution in [1.29, 1.82) is 0 Å². The summed E-state index contributed by atoms with van der Waals surface area (Å²) in [5.41, 5.74) is 0. The quantitative estimate of drug-likeness (QED) is 0.293. The first-order valence-electron chi connectivity index (χ1n) is 7.92. The van der Waals surface area contributed by atoms with Crippen LogP contribution >= 0.6 is 12.6 Å². The van der Waals surface area contributed by atoms with Crippen molar-refractivity contribution in [3.8, 4) is 0 Å². The molecule has 0 bridgehead atoms. The van der Waals surface area contributed by atoms with Gasteiger partial charge in [-0.1, -0.05) is 84.5 Å². The first-order valence-corrected chi connectivity index (χ1v) is 8.55. The molecule has 17 heavy (non-hydrogen) atoms. The van der Waals surface area contributed by atoms with Gasteiger partial charge in [-0.25, -0.2) is 0 Å². The van der Waals surface area contributed by atoms with Crippen LogP contribution in [0.5, 0.6) is 0 Å². The summed E-state index contributed by atoms with van der Waals surface area (Å²) in [5.74, 6) is 2.01. The van der Waals surface area contributed by atoms with Crippen LogP contribution in [0.3, 0.4) is 0 Å². The molecule has 1 atom stereocenters. The van der Waals surface area contributed by atoms with Gasteiger partial charge in [0.1, 0.15) is 0 Å². The molecule has 0 aromatic heterocycles. The Morgan fingerprint density at radius 3 is 1.53 bits per heavy atom. The van der Waals surface area contributed by atoms with Crippen molar-refractivity contribution >= 4 is 12.6 Å². The Bertz CT molecular complexity index is 133. The van der Waals surface area contributed by atoms with Gasteiger partial charge in [-0.15, -0.1) is 0 Å². The van der Waals surface area contributed by atoms with Crippen LogP contribution in [0.4, 0.5) is 0 Å². The third kappa shape index (κ3) is 14.3. The molecule has 1 unspecified atom stereocenters. The van der Waals surface area contributed by atoms with Gasteiger partial charge < -0.3 is 0 Å². The zero-order valence-corrected chi connectivity index (χ0v) is 13.1. The molecule has 1 heteroatoms. The van der Waals surface area contributed by atoms with E-state index in [0.717, 1.165) is 11.7 Å². The summed E-state index contributed by atoms with van der Waals surface area (Å²) in [4.78, 5) is 0. The van der Waals surface area contributed by atoms with Gasteiger partial charge in [-0.3, -0.25) is 0 Å². The van der Waals surface area contributed by atoms with Crippen molar-refractivity contribution < 1.29 is 0 Å². The van der Waals surface area contributed by atoms with Gasteiger partial charge in [0.25, 0.3) is 0 Å². The van der Waals surface area contributed by atoms with Crippen molar-refractivity contribution in [2.24, 2.45) is 5.92 Å². The first-order chi connectivity index (χ1) is 8.31. The number of rotatable bonds is 13. The molecule has 0 amide bonds. The maximum atomic E-state index is 4.23. The molecular weight excluding hydrogens is 224 g/mol. The van der Waals surface area contributed by atoms with Crippen molar-refractivity contribution in [2.45, 2.75) is 90.9 Å². The Hall–Kier alpha value is 0.350. The van der Waals surface area contributed by atoms with E-state index in [1.54, 1.807) is 0 Å². The molecule has 0 saturated carbocycles. The number of hydrogen-bond donors (Lipinski definition) is 1. The monoisotopic (exact) mass is 258 g/mol. The molecule has 0 spiro atoms. The number of hydrogen-bond acceptors (Lipinski definition) is 1. The zero-order valence-electron chi connectivity index (χ0n) is 12.2. The topological polar surface area (TPSA) is 0 Å². The Balaban J connectivity index is 2.94. The van der Waals surface area contributed by atoms with E-state index in [2.05, 4.69) is 26.5 Å². The molecule has 0 heterocycles. The van der Waals surface area contributed by atoms with E-state index in [1.165, 1.54) is 77.0 Å². The minimum absolute atomic E-state index is 0.946. The molecule has 0 aromatic rings. The van der Waals surface area contributed by atoms with E-state index < -0.39 is 0 Å². The van der Waals surface area contributed by atoms with Gasteiger partial charge in [0.05, 0.1) is 0 Å². The molecule has 0 fully saturated rings. The van der Waals surface area contributed by atoms with Crippen LogP contribution in [-0.2, 0) is 0 Å². The highest BCUT2D eigenvalue weighted by molar-refractivity contribution is 7.80. The van der Waals surface area contributed by atoms with Gasteiger partial charge in [-0.2, -0.15) is 12.6 Å². The Kier molecular flexibility index (Phi) is 14.7. The third-order valence-corrected chi connectivity index (χ3v) is 4.12. The summed E-state index contributed by atoms with van der Waals surface area (Å²) in [5, 5.41) is 0. The lowest BCUT2D eigenvalue weighted by Crippen LogP contribution is -1.91. The van der Waals surface area contributed by atoms with Crippen LogP contribution in [0.25, 0.3) is 0 Å². The summed E-state index contributed by atoms with van der Waals surface area (Å²) in [6.07, 6.45) is 17.1. The average Bonchev–Trinajstić information content (AvgIpc) is 2.35. The van der Waals surface area contributed by atoms with Crippen LogP contribution in [0.1, 0.15) is 90.9 Å². The van der Waals surface area contributed by atoms with Crippen LogP contribution in [0, 0.1) is 5.92 Å².